The van der Waals surface area contributed by atoms with Gasteiger partial charge in [0.2, 0.25) is 0 Å². The maximum absolute atomic E-state index is 5.67. The van der Waals surface area contributed by atoms with Gasteiger partial charge in [0, 0.05) is 20.2 Å². The average molecular weight is 260 g/mol. The minimum Gasteiger partial charge on any atom is -0.378 e. The smallest absolute Gasteiger partial charge is 0.154 e. The lowest BCUT2D eigenvalue weighted by atomic mass is 10.2. The van der Waals surface area contributed by atoms with Crippen LogP contribution in [0.1, 0.15) is 25.0 Å². The molecule has 0 amide bonds. The first-order chi connectivity index (χ1) is 9.24. The Morgan fingerprint density at radius 3 is 3.21 bits per heavy atom. The van der Waals surface area contributed by atoms with Gasteiger partial charge in [-0.05, 0) is 32.3 Å². The summed E-state index contributed by atoms with van der Waals surface area (Å²) in [7, 11) is 2.09. The van der Waals surface area contributed by atoms with Crippen molar-refractivity contribution >= 4 is 11.3 Å². The van der Waals surface area contributed by atoms with Gasteiger partial charge in [0.1, 0.15) is 5.52 Å². The largest absolute Gasteiger partial charge is 0.378 e. The van der Waals surface area contributed by atoms with Crippen molar-refractivity contribution in [3.8, 4) is 0 Å². The highest BCUT2D eigenvalue weighted by Gasteiger charge is 2.17. The van der Waals surface area contributed by atoms with Gasteiger partial charge in [0.15, 0.2) is 5.82 Å². The third kappa shape index (κ3) is 2.56. The van der Waals surface area contributed by atoms with Crippen molar-refractivity contribution in [3.05, 3.63) is 24.2 Å². The SMILES string of the molecule is Cc1cn2nccc2c(N(C)CCC2CCCO2)n1. The highest BCUT2D eigenvalue weighted by molar-refractivity contribution is 5.68. The maximum Gasteiger partial charge on any atom is 0.154 e. The molecule has 1 saturated heterocycles. The zero-order chi connectivity index (χ0) is 13.2. The fourth-order valence-electron chi connectivity index (χ4n) is 2.62. The van der Waals surface area contributed by atoms with Gasteiger partial charge in [-0.3, -0.25) is 0 Å². The summed E-state index contributed by atoms with van der Waals surface area (Å²) in [5.41, 5.74) is 2.04. The first-order valence-electron chi connectivity index (χ1n) is 6.88. The average Bonchev–Trinajstić information content (AvgIpc) is 3.05. The molecule has 1 atom stereocenters. The van der Waals surface area contributed by atoms with Crippen molar-refractivity contribution in [3.63, 3.8) is 0 Å². The monoisotopic (exact) mass is 260 g/mol. The number of hydrogen-bond acceptors (Lipinski definition) is 4. The number of nitrogens with zero attached hydrogens (tertiary/aromatic N) is 4. The normalized spacial score (nSPS) is 19.2. The third-order valence-electron chi connectivity index (χ3n) is 3.66. The van der Waals surface area contributed by atoms with Crippen LogP contribution in [0.2, 0.25) is 0 Å². The molecule has 0 N–H and O–H groups in total. The van der Waals surface area contributed by atoms with Gasteiger partial charge in [-0.15, -0.1) is 0 Å². The van der Waals surface area contributed by atoms with Gasteiger partial charge in [-0.25, -0.2) is 9.50 Å². The summed E-state index contributed by atoms with van der Waals surface area (Å²) < 4.78 is 7.56. The van der Waals surface area contributed by atoms with E-state index in [4.69, 9.17) is 4.74 Å². The van der Waals surface area contributed by atoms with E-state index in [1.165, 1.54) is 12.8 Å². The molecule has 0 saturated carbocycles. The minimum absolute atomic E-state index is 0.424. The van der Waals surface area contributed by atoms with Crippen LogP contribution in [0.25, 0.3) is 5.52 Å². The fraction of sp³-hybridized carbons (Fsp3) is 0.571. The van der Waals surface area contributed by atoms with Crippen LogP contribution < -0.4 is 4.90 Å². The number of rotatable bonds is 4. The zero-order valence-electron chi connectivity index (χ0n) is 11.5. The lowest BCUT2D eigenvalue weighted by Crippen LogP contribution is -2.24. The Morgan fingerprint density at radius 2 is 2.42 bits per heavy atom. The summed E-state index contributed by atoms with van der Waals surface area (Å²) in [6.45, 7) is 3.88. The van der Waals surface area contributed by atoms with Gasteiger partial charge in [0.25, 0.3) is 0 Å². The second-order valence-electron chi connectivity index (χ2n) is 5.21. The Hall–Kier alpha value is -1.62. The number of aromatic nitrogens is 3. The topological polar surface area (TPSA) is 42.7 Å². The molecule has 1 unspecified atom stereocenters. The Balaban J connectivity index is 1.76. The highest BCUT2D eigenvalue weighted by atomic mass is 16.5. The molecule has 1 aliphatic rings. The molecule has 3 heterocycles. The van der Waals surface area contributed by atoms with E-state index in [0.29, 0.717) is 6.10 Å². The Labute approximate surface area is 113 Å². The van der Waals surface area contributed by atoms with E-state index in [2.05, 4.69) is 22.0 Å². The zero-order valence-corrected chi connectivity index (χ0v) is 11.5. The van der Waals surface area contributed by atoms with E-state index in [1.54, 1.807) is 0 Å². The summed E-state index contributed by atoms with van der Waals surface area (Å²) >= 11 is 0. The summed E-state index contributed by atoms with van der Waals surface area (Å²) in [4.78, 5) is 6.84. The van der Waals surface area contributed by atoms with Crippen LogP contribution in [0, 0.1) is 6.92 Å². The molecule has 1 aliphatic heterocycles. The molecule has 3 rings (SSSR count). The molecular weight excluding hydrogens is 240 g/mol. The van der Waals surface area contributed by atoms with Gasteiger partial charge in [-0.2, -0.15) is 5.10 Å². The first kappa shape index (κ1) is 12.4. The van der Waals surface area contributed by atoms with Crippen LogP contribution in [0.4, 0.5) is 5.82 Å². The number of ether oxygens (including phenoxy) is 1. The molecule has 1 fully saturated rings. The van der Waals surface area contributed by atoms with Gasteiger partial charge in [-0.1, -0.05) is 0 Å². The molecule has 2 aromatic rings. The molecule has 0 aliphatic carbocycles. The Morgan fingerprint density at radius 1 is 1.53 bits per heavy atom. The van der Waals surface area contributed by atoms with Crippen molar-refractivity contribution in [2.24, 2.45) is 0 Å². The quantitative estimate of drug-likeness (QED) is 0.843. The Bertz CT molecular complexity index is 560. The van der Waals surface area contributed by atoms with Crippen molar-refractivity contribution in [2.75, 3.05) is 25.1 Å². The molecule has 102 valence electrons. The van der Waals surface area contributed by atoms with Crippen LogP contribution >= 0.6 is 0 Å². The van der Waals surface area contributed by atoms with E-state index in [9.17, 15) is 0 Å². The summed E-state index contributed by atoms with van der Waals surface area (Å²) in [6, 6.07) is 2.00. The molecule has 5 heteroatoms. The van der Waals surface area contributed by atoms with Crippen molar-refractivity contribution < 1.29 is 4.74 Å². The van der Waals surface area contributed by atoms with E-state index in [1.807, 2.05) is 29.9 Å². The maximum atomic E-state index is 5.67. The van der Waals surface area contributed by atoms with E-state index < -0.39 is 0 Å². The second kappa shape index (κ2) is 5.17. The number of hydrogen-bond donors (Lipinski definition) is 0. The summed E-state index contributed by atoms with van der Waals surface area (Å²) in [5, 5.41) is 4.29. The third-order valence-corrected chi connectivity index (χ3v) is 3.66. The number of fused-ring (bicyclic) bond motifs is 1. The minimum atomic E-state index is 0.424. The van der Waals surface area contributed by atoms with E-state index in [-0.39, 0.29) is 0 Å². The molecule has 0 radical (unpaired) electrons. The lowest BCUT2D eigenvalue weighted by Gasteiger charge is -2.21. The highest BCUT2D eigenvalue weighted by Crippen LogP contribution is 2.20. The van der Waals surface area contributed by atoms with Crippen LogP contribution in [-0.2, 0) is 4.74 Å². The summed E-state index contributed by atoms with van der Waals surface area (Å²) in [6.07, 6.45) is 7.64. The van der Waals surface area contributed by atoms with Crippen LogP contribution in [-0.4, -0.2) is 40.9 Å². The van der Waals surface area contributed by atoms with Crippen molar-refractivity contribution in [1.82, 2.24) is 14.6 Å². The fourth-order valence-corrected chi connectivity index (χ4v) is 2.62. The second-order valence-corrected chi connectivity index (χ2v) is 5.21. The predicted octanol–water partition coefficient (Wildman–Crippen LogP) is 2.04. The van der Waals surface area contributed by atoms with Crippen LogP contribution in [0.5, 0.6) is 0 Å². The molecular formula is C14H20N4O. The predicted molar refractivity (Wildman–Crippen MR) is 74.6 cm³/mol. The summed E-state index contributed by atoms with van der Waals surface area (Å²) in [5.74, 6) is 0.996. The number of anilines is 1. The van der Waals surface area contributed by atoms with E-state index in [0.717, 1.165) is 36.6 Å². The number of aryl methyl sites for hydroxylation is 1. The van der Waals surface area contributed by atoms with Crippen molar-refractivity contribution in [1.29, 1.82) is 0 Å². The van der Waals surface area contributed by atoms with Gasteiger partial charge < -0.3 is 9.64 Å². The van der Waals surface area contributed by atoms with Crippen LogP contribution in [0.15, 0.2) is 18.5 Å². The first-order valence-corrected chi connectivity index (χ1v) is 6.88. The van der Waals surface area contributed by atoms with Gasteiger partial charge in [0.05, 0.1) is 24.2 Å². The lowest BCUT2D eigenvalue weighted by molar-refractivity contribution is 0.106. The standard InChI is InChI=1S/C14H20N4O/c1-11-10-18-13(5-7-15-18)14(16-11)17(2)8-6-12-4-3-9-19-12/h5,7,10,12H,3-4,6,8-9H2,1-2H3. The van der Waals surface area contributed by atoms with Gasteiger partial charge >= 0.3 is 0 Å². The molecule has 0 aromatic carbocycles. The molecule has 5 nitrogen and oxygen atoms in total. The van der Waals surface area contributed by atoms with E-state index >= 15 is 0 Å². The molecule has 0 spiro atoms. The Kier molecular flexibility index (Phi) is 3.38. The molecule has 19 heavy (non-hydrogen) atoms. The van der Waals surface area contributed by atoms with Crippen molar-refractivity contribution in [2.45, 2.75) is 32.3 Å². The van der Waals surface area contributed by atoms with Crippen LogP contribution in [0.3, 0.4) is 0 Å². The molecule has 0 bridgehead atoms. The molecule has 2 aromatic heterocycles.